The van der Waals surface area contributed by atoms with Crippen LogP contribution in [0.1, 0.15) is 36.5 Å². The molecule has 1 fully saturated rings. The first kappa shape index (κ1) is 17.1. The van der Waals surface area contributed by atoms with E-state index in [-0.39, 0.29) is 18.0 Å². The molecule has 1 aromatic carbocycles. The summed E-state index contributed by atoms with van der Waals surface area (Å²) < 4.78 is 5.22. The zero-order chi connectivity index (χ0) is 16.7. The summed E-state index contributed by atoms with van der Waals surface area (Å²) >= 11 is 0. The first-order chi connectivity index (χ1) is 11.2. The fourth-order valence-electron chi connectivity index (χ4n) is 2.67. The molecule has 0 atom stereocenters. The topological polar surface area (TPSA) is 70.7 Å². The van der Waals surface area contributed by atoms with E-state index < -0.39 is 0 Å². The molecule has 1 aromatic rings. The number of methoxy groups -OCH3 is 1. The molecule has 3 amide bonds. The van der Waals surface area contributed by atoms with Gasteiger partial charge in [0.05, 0.1) is 12.7 Å². The van der Waals surface area contributed by atoms with Crippen molar-refractivity contribution in [2.75, 3.05) is 26.7 Å². The fourth-order valence-corrected chi connectivity index (χ4v) is 2.67. The van der Waals surface area contributed by atoms with Gasteiger partial charge in [-0.2, -0.15) is 0 Å². The van der Waals surface area contributed by atoms with E-state index >= 15 is 0 Å². The molecule has 0 radical (unpaired) electrons. The number of ether oxygens (including phenoxy) is 1. The van der Waals surface area contributed by atoms with E-state index in [1.165, 1.54) is 0 Å². The van der Waals surface area contributed by atoms with E-state index in [2.05, 4.69) is 10.6 Å². The third-order valence-electron chi connectivity index (χ3n) is 4.00. The van der Waals surface area contributed by atoms with Crippen molar-refractivity contribution >= 4 is 11.9 Å². The van der Waals surface area contributed by atoms with Gasteiger partial charge in [0.15, 0.2) is 0 Å². The van der Waals surface area contributed by atoms with Crippen LogP contribution in [0.5, 0.6) is 5.75 Å². The Hall–Kier alpha value is -2.24. The van der Waals surface area contributed by atoms with Gasteiger partial charge in [0.1, 0.15) is 5.75 Å². The van der Waals surface area contributed by atoms with E-state index in [1.807, 2.05) is 19.1 Å². The average Bonchev–Trinajstić information content (AvgIpc) is 2.60. The Kier molecular flexibility index (Phi) is 6.26. The van der Waals surface area contributed by atoms with Gasteiger partial charge in [0.2, 0.25) is 0 Å². The number of benzene rings is 1. The Morgan fingerprint density at radius 3 is 2.61 bits per heavy atom. The largest absolute Gasteiger partial charge is 0.496 e. The number of rotatable bonds is 5. The van der Waals surface area contributed by atoms with Gasteiger partial charge in [-0.1, -0.05) is 19.1 Å². The zero-order valence-electron chi connectivity index (χ0n) is 13.8. The molecule has 126 valence electrons. The minimum absolute atomic E-state index is 0.0126. The van der Waals surface area contributed by atoms with Crippen molar-refractivity contribution in [1.82, 2.24) is 15.5 Å². The second-order valence-electron chi connectivity index (χ2n) is 5.67. The van der Waals surface area contributed by atoms with Crippen molar-refractivity contribution in [2.24, 2.45) is 0 Å². The Labute approximate surface area is 137 Å². The Bertz CT molecular complexity index is 540. The first-order valence-electron chi connectivity index (χ1n) is 8.12. The highest BCUT2D eigenvalue weighted by molar-refractivity contribution is 5.97. The van der Waals surface area contributed by atoms with Crippen molar-refractivity contribution in [3.05, 3.63) is 29.8 Å². The maximum Gasteiger partial charge on any atom is 0.317 e. The van der Waals surface area contributed by atoms with Crippen LogP contribution in [0.25, 0.3) is 0 Å². The van der Waals surface area contributed by atoms with Crippen LogP contribution in [0.3, 0.4) is 0 Å². The van der Waals surface area contributed by atoms with Crippen molar-refractivity contribution < 1.29 is 14.3 Å². The summed E-state index contributed by atoms with van der Waals surface area (Å²) in [5, 5.41) is 5.92. The lowest BCUT2D eigenvalue weighted by Gasteiger charge is -2.32. The third kappa shape index (κ3) is 4.61. The molecule has 1 aliphatic heterocycles. The first-order valence-corrected chi connectivity index (χ1v) is 8.12. The van der Waals surface area contributed by atoms with Gasteiger partial charge in [-0.3, -0.25) is 4.79 Å². The summed E-state index contributed by atoms with van der Waals surface area (Å²) in [4.78, 5) is 26.1. The van der Waals surface area contributed by atoms with E-state index in [4.69, 9.17) is 4.74 Å². The van der Waals surface area contributed by atoms with Crippen LogP contribution in [0.15, 0.2) is 24.3 Å². The molecule has 0 saturated carbocycles. The standard InChI is InChI=1S/C17H25N3O3/c1-3-10-18-17(22)20-11-8-13(9-12-20)19-16(21)14-6-4-5-7-15(14)23-2/h4-7,13H,3,8-12H2,1-2H3,(H,18,22)(H,19,21). The fraction of sp³-hybridized carbons (Fsp3) is 0.529. The van der Waals surface area contributed by atoms with E-state index in [0.717, 1.165) is 19.3 Å². The number of piperidine rings is 1. The van der Waals surface area contributed by atoms with Gasteiger partial charge in [0.25, 0.3) is 5.91 Å². The molecule has 0 bridgehead atoms. The number of carbonyl (C=O) groups excluding carboxylic acids is 2. The number of nitrogens with one attached hydrogen (secondary N) is 2. The minimum Gasteiger partial charge on any atom is -0.496 e. The molecule has 6 nitrogen and oxygen atoms in total. The molecular weight excluding hydrogens is 294 g/mol. The Morgan fingerprint density at radius 2 is 1.96 bits per heavy atom. The predicted molar refractivity (Wildman–Crippen MR) is 88.7 cm³/mol. The predicted octanol–water partition coefficient (Wildman–Crippen LogP) is 2.01. The minimum atomic E-state index is -0.128. The van der Waals surface area contributed by atoms with Crippen LogP contribution in [0, 0.1) is 0 Å². The van der Waals surface area contributed by atoms with Crippen LogP contribution in [0.2, 0.25) is 0 Å². The summed E-state index contributed by atoms with van der Waals surface area (Å²) in [6.45, 7) is 4.04. The van der Waals surface area contributed by atoms with Crippen LogP contribution in [-0.4, -0.2) is 49.6 Å². The maximum absolute atomic E-state index is 12.4. The van der Waals surface area contributed by atoms with E-state index in [9.17, 15) is 9.59 Å². The molecular formula is C17H25N3O3. The van der Waals surface area contributed by atoms with Crippen LogP contribution in [-0.2, 0) is 0 Å². The molecule has 0 aliphatic carbocycles. The lowest BCUT2D eigenvalue weighted by molar-refractivity contribution is 0.0915. The van der Waals surface area contributed by atoms with Crippen molar-refractivity contribution in [3.63, 3.8) is 0 Å². The summed E-state index contributed by atoms with van der Waals surface area (Å²) in [5.74, 6) is 0.442. The summed E-state index contributed by atoms with van der Waals surface area (Å²) in [6.07, 6.45) is 2.46. The Balaban J connectivity index is 1.84. The number of nitrogens with zero attached hydrogens (tertiary/aromatic N) is 1. The number of likely N-dealkylation sites (tertiary alicyclic amines) is 1. The van der Waals surface area contributed by atoms with Gasteiger partial charge < -0.3 is 20.3 Å². The number of carbonyl (C=O) groups is 2. The summed E-state index contributed by atoms with van der Waals surface area (Å²) in [7, 11) is 1.56. The molecule has 0 aromatic heterocycles. The van der Waals surface area contributed by atoms with Crippen molar-refractivity contribution in [1.29, 1.82) is 0 Å². The number of hydrogen-bond acceptors (Lipinski definition) is 3. The van der Waals surface area contributed by atoms with Crippen LogP contribution in [0.4, 0.5) is 4.79 Å². The number of hydrogen-bond donors (Lipinski definition) is 2. The lowest BCUT2D eigenvalue weighted by Crippen LogP contribution is -2.49. The van der Waals surface area contributed by atoms with Crippen molar-refractivity contribution in [2.45, 2.75) is 32.2 Å². The number of urea groups is 1. The number of amides is 3. The van der Waals surface area contributed by atoms with E-state index in [0.29, 0.717) is 30.9 Å². The normalized spacial score (nSPS) is 15.1. The lowest BCUT2D eigenvalue weighted by atomic mass is 10.0. The highest BCUT2D eigenvalue weighted by Gasteiger charge is 2.24. The monoisotopic (exact) mass is 319 g/mol. The van der Waals surface area contributed by atoms with Gasteiger partial charge in [-0.25, -0.2) is 4.79 Å². The SMILES string of the molecule is CCCNC(=O)N1CCC(NC(=O)c2ccccc2OC)CC1. The smallest absolute Gasteiger partial charge is 0.317 e. The number of para-hydroxylation sites is 1. The van der Waals surface area contributed by atoms with Gasteiger partial charge in [0, 0.05) is 25.7 Å². The summed E-state index contributed by atoms with van der Waals surface area (Å²) in [5.41, 5.74) is 0.540. The van der Waals surface area contributed by atoms with Gasteiger partial charge in [-0.15, -0.1) is 0 Å². The molecule has 6 heteroatoms. The van der Waals surface area contributed by atoms with Crippen molar-refractivity contribution in [3.8, 4) is 5.75 Å². The van der Waals surface area contributed by atoms with Crippen LogP contribution >= 0.6 is 0 Å². The summed E-state index contributed by atoms with van der Waals surface area (Å²) in [6, 6.07) is 7.25. The quantitative estimate of drug-likeness (QED) is 0.872. The second kappa shape index (κ2) is 8.41. The Morgan fingerprint density at radius 1 is 1.26 bits per heavy atom. The van der Waals surface area contributed by atoms with Gasteiger partial charge in [-0.05, 0) is 31.4 Å². The maximum atomic E-state index is 12.4. The molecule has 23 heavy (non-hydrogen) atoms. The molecule has 2 N–H and O–H groups in total. The molecule has 1 aliphatic rings. The average molecular weight is 319 g/mol. The highest BCUT2D eigenvalue weighted by atomic mass is 16.5. The third-order valence-corrected chi connectivity index (χ3v) is 4.00. The van der Waals surface area contributed by atoms with Gasteiger partial charge >= 0.3 is 6.03 Å². The van der Waals surface area contributed by atoms with Crippen LogP contribution < -0.4 is 15.4 Å². The highest BCUT2D eigenvalue weighted by Crippen LogP contribution is 2.18. The van der Waals surface area contributed by atoms with E-state index in [1.54, 1.807) is 24.1 Å². The molecule has 2 rings (SSSR count). The zero-order valence-corrected chi connectivity index (χ0v) is 13.8. The molecule has 0 spiro atoms. The second-order valence-corrected chi connectivity index (χ2v) is 5.67. The molecule has 1 saturated heterocycles. The molecule has 0 unspecified atom stereocenters. The molecule has 1 heterocycles.